The predicted molar refractivity (Wildman–Crippen MR) is 80.9 cm³/mol. The Kier molecular flexibility index (Phi) is 3.12. The number of aryl methyl sites for hydroxylation is 2. The van der Waals surface area contributed by atoms with Crippen molar-refractivity contribution >= 4 is 15.7 Å². The number of aromatic nitrogens is 2. The summed E-state index contributed by atoms with van der Waals surface area (Å²) in [5, 5.41) is 4.53. The molecule has 0 aliphatic carbocycles. The summed E-state index contributed by atoms with van der Waals surface area (Å²) in [5.74, 6) is 2.47. The van der Waals surface area contributed by atoms with Crippen LogP contribution in [0.25, 0.3) is 11.3 Å². The van der Waals surface area contributed by atoms with Gasteiger partial charge in [-0.3, -0.25) is 0 Å². The van der Waals surface area contributed by atoms with Gasteiger partial charge in [0.2, 0.25) is 0 Å². The molecule has 0 aromatic carbocycles. The molecule has 7 heteroatoms. The molecule has 2 aromatic heterocycles. The van der Waals surface area contributed by atoms with Gasteiger partial charge in [0.15, 0.2) is 9.84 Å². The van der Waals surface area contributed by atoms with Crippen molar-refractivity contribution < 1.29 is 12.8 Å². The summed E-state index contributed by atoms with van der Waals surface area (Å²) in [6.45, 7) is 5.79. The van der Waals surface area contributed by atoms with Crippen molar-refractivity contribution in [1.29, 1.82) is 0 Å². The van der Waals surface area contributed by atoms with E-state index in [0.29, 0.717) is 12.2 Å². The number of nitrogen functional groups attached to an aromatic ring is 1. The zero-order valence-electron chi connectivity index (χ0n) is 12.4. The number of nitrogens with two attached hydrogens (primary N) is 1. The van der Waals surface area contributed by atoms with Crippen molar-refractivity contribution in [2.24, 2.45) is 0 Å². The summed E-state index contributed by atoms with van der Waals surface area (Å²) < 4.78 is 30.5. The van der Waals surface area contributed by atoms with Crippen LogP contribution in [0.4, 0.5) is 5.82 Å². The zero-order valence-corrected chi connectivity index (χ0v) is 13.2. The summed E-state index contributed by atoms with van der Waals surface area (Å²) in [7, 11) is -2.96. The first-order valence-electron chi connectivity index (χ1n) is 6.91. The molecular weight excluding hydrogens is 290 g/mol. The average Bonchev–Trinajstić information content (AvgIpc) is 2.98. The van der Waals surface area contributed by atoms with Gasteiger partial charge in [-0.05, 0) is 32.8 Å². The van der Waals surface area contributed by atoms with Gasteiger partial charge in [-0.1, -0.05) is 0 Å². The molecule has 1 unspecified atom stereocenters. The summed E-state index contributed by atoms with van der Waals surface area (Å²) in [6, 6.07) is 1.62. The number of nitrogens with zero attached hydrogens (tertiary/aromatic N) is 2. The Balaban J connectivity index is 2.02. The molecule has 21 heavy (non-hydrogen) atoms. The van der Waals surface area contributed by atoms with E-state index in [0.717, 1.165) is 28.3 Å². The van der Waals surface area contributed by atoms with Crippen LogP contribution < -0.4 is 5.73 Å². The Hall–Kier alpha value is -1.76. The van der Waals surface area contributed by atoms with Crippen LogP contribution in [0.1, 0.15) is 29.5 Å². The molecular formula is C14H19N3O3S. The minimum absolute atomic E-state index is 0.112. The van der Waals surface area contributed by atoms with Crippen LogP contribution in [0, 0.1) is 20.8 Å². The van der Waals surface area contributed by atoms with E-state index < -0.39 is 9.84 Å². The number of hydrogen-bond donors (Lipinski definition) is 1. The highest BCUT2D eigenvalue weighted by Crippen LogP contribution is 2.33. The van der Waals surface area contributed by atoms with Gasteiger partial charge in [-0.2, -0.15) is 5.10 Å². The maximum atomic E-state index is 11.6. The predicted octanol–water partition coefficient (Wildman–Crippen LogP) is 2.01. The number of furan rings is 1. The molecule has 0 bridgehead atoms. The summed E-state index contributed by atoms with van der Waals surface area (Å²) in [5.41, 5.74) is 8.75. The third-order valence-electron chi connectivity index (χ3n) is 4.14. The zero-order chi connectivity index (χ0) is 15.4. The molecule has 0 amide bonds. The van der Waals surface area contributed by atoms with E-state index >= 15 is 0 Å². The quantitative estimate of drug-likeness (QED) is 0.916. The smallest absolute Gasteiger partial charge is 0.152 e. The van der Waals surface area contributed by atoms with E-state index in [1.807, 2.05) is 20.8 Å². The Morgan fingerprint density at radius 1 is 1.33 bits per heavy atom. The van der Waals surface area contributed by atoms with Crippen molar-refractivity contribution in [1.82, 2.24) is 9.78 Å². The van der Waals surface area contributed by atoms with E-state index in [1.54, 1.807) is 10.7 Å². The molecule has 0 radical (unpaired) electrons. The molecule has 1 aliphatic heterocycles. The lowest BCUT2D eigenvalue weighted by Crippen LogP contribution is -2.14. The molecule has 0 spiro atoms. The fraction of sp³-hybridized carbons (Fsp3) is 0.500. The van der Waals surface area contributed by atoms with Crippen molar-refractivity contribution in [2.45, 2.75) is 33.2 Å². The lowest BCUT2D eigenvalue weighted by Gasteiger charge is -2.09. The van der Waals surface area contributed by atoms with Gasteiger partial charge in [-0.25, -0.2) is 13.1 Å². The molecule has 1 saturated heterocycles. The first kappa shape index (κ1) is 14.2. The minimum atomic E-state index is -2.96. The van der Waals surface area contributed by atoms with Gasteiger partial charge >= 0.3 is 0 Å². The number of rotatable bonds is 2. The van der Waals surface area contributed by atoms with Crippen LogP contribution in [0.15, 0.2) is 10.5 Å². The van der Waals surface area contributed by atoms with Crippen molar-refractivity contribution in [3.8, 4) is 11.3 Å². The number of sulfone groups is 1. The standard InChI is InChI=1S/C14H19N3O3S/c1-8-9(2)20-10(3)14(8)12-6-13(15)17(16-12)11-4-5-21(18,19)7-11/h6,11H,4-5,7,15H2,1-3H3. The Labute approximate surface area is 123 Å². The van der Waals surface area contributed by atoms with Crippen LogP contribution in [-0.2, 0) is 9.84 Å². The van der Waals surface area contributed by atoms with Gasteiger partial charge in [0.25, 0.3) is 0 Å². The Morgan fingerprint density at radius 3 is 2.57 bits per heavy atom. The highest BCUT2D eigenvalue weighted by Gasteiger charge is 2.31. The Morgan fingerprint density at radius 2 is 2.05 bits per heavy atom. The van der Waals surface area contributed by atoms with E-state index in [2.05, 4.69) is 5.10 Å². The first-order valence-corrected chi connectivity index (χ1v) is 8.73. The third-order valence-corrected chi connectivity index (χ3v) is 5.89. The monoisotopic (exact) mass is 309 g/mol. The van der Waals surface area contributed by atoms with Crippen molar-refractivity contribution in [3.05, 3.63) is 23.2 Å². The van der Waals surface area contributed by atoms with E-state index in [1.165, 1.54) is 0 Å². The van der Waals surface area contributed by atoms with Gasteiger partial charge in [0.05, 0.1) is 23.2 Å². The fourth-order valence-corrected chi connectivity index (χ4v) is 4.65. The molecule has 114 valence electrons. The van der Waals surface area contributed by atoms with Crippen LogP contribution in [0.5, 0.6) is 0 Å². The SMILES string of the molecule is Cc1oc(C)c(-c2cc(N)n(C3CCS(=O)(=O)C3)n2)c1C. The second-order valence-electron chi connectivity index (χ2n) is 5.67. The van der Waals surface area contributed by atoms with Crippen LogP contribution in [0.2, 0.25) is 0 Å². The van der Waals surface area contributed by atoms with Crippen LogP contribution in [0.3, 0.4) is 0 Å². The number of anilines is 1. The molecule has 1 fully saturated rings. The highest BCUT2D eigenvalue weighted by atomic mass is 32.2. The summed E-state index contributed by atoms with van der Waals surface area (Å²) in [4.78, 5) is 0. The van der Waals surface area contributed by atoms with E-state index in [4.69, 9.17) is 10.2 Å². The second kappa shape index (κ2) is 4.62. The van der Waals surface area contributed by atoms with Gasteiger partial charge in [0, 0.05) is 11.6 Å². The summed E-state index contributed by atoms with van der Waals surface area (Å²) in [6.07, 6.45) is 0.566. The van der Waals surface area contributed by atoms with Crippen molar-refractivity contribution in [3.63, 3.8) is 0 Å². The molecule has 3 rings (SSSR count). The normalized spacial score (nSPS) is 21.0. The molecule has 3 heterocycles. The molecule has 1 aliphatic rings. The maximum absolute atomic E-state index is 11.6. The van der Waals surface area contributed by atoms with Crippen molar-refractivity contribution in [2.75, 3.05) is 17.2 Å². The van der Waals surface area contributed by atoms with E-state index in [9.17, 15) is 8.42 Å². The van der Waals surface area contributed by atoms with Crippen LogP contribution in [-0.4, -0.2) is 29.7 Å². The average molecular weight is 309 g/mol. The maximum Gasteiger partial charge on any atom is 0.152 e. The number of hydrogen-bond acceptors (Lipinski definition) is 5. The lowest BCUT2D eigenvalue weighted by molar-refractivity contribution is 0.501. The fourth-order valence-electron chi connectivity index (χ4n) is 2.96. The molecule has 0 saturated carbocycles. The van der Waals surface area contributed by atoms with Gasteiger partial charge in [-0.15, -0.1) is 0 Å². The topological polar surface area (TPSA) is 91.1 Å². The first-order chi connectivity index (χ1) is 9.78. The highest BCUT2D eigenvalue weighted by molar-refractivity contribution is 7.91. The van der Waals surface area contributed by atoms with Gasteiger partial charge in [0.1, 0.15) is 17.3 Å². The third kappa shape index (κ3) is 2.35. The lowest BCUT2D eigenvalue weighted by atomic mass is 10.1. The second-order valence-corrected chi connectivity index (χ2v) is 7.90. The molecule has 6 nitrogen and oxygen atoms in total. The molecule has 2 N–H and O–H groups in total. The summed E-state index contributed by atoms with van der Waals surface area (Å²) >= 11 is 0. The largest absolute Gasteiger partial charge is 0.466 e. The molecule has 2 aromatic rings. The van der Waals surface area contributed by atoms with Gasteiger partial charge < -0.3 is 10.2 Å². The Bertz CT molecular complexity index is 802. The van der Waals surface area contributed by atoms with E-state index in [-0.39, 0.29) is 17.5 Å². The van der Waals surface area contributed by atoms with Crippen LogP contribution >= 0.6 is 0 Å². The minimum Gasteiger partial charge on any atom is -0.466 e. The molecule has 1 atom stereocenters.